The van der Waals surface area contributed by atoms with E-state index in [0.717, 1.165) is 32.7 Å². The van der Waals surface area contributed by atoms with Crippen LogP contribution in [0.15, 0.2) is 136 Å². The summed E-state index contributed by atoms with van der Waals surface area (Å²) in [6.07, 6.45) is 0. The molecule has 0 saturated carbocycles. The molecule has 202 valence electrons. The number of furan rings is 2. The minimum atomic E-state index is -1.81. The van der Waals surface area contributed by atoms with Gasteiger partial charge < -0.3 is 13.9 Å². The maximum absolute atomic E-state index is 14.1. The van der Waals surface area contributed by atoms with Crippen molar-refractivity contribution in [2.45, 2.75) is 5.60 Å². The van der Waals surface area contributed by atoms with Gasteiger partial charge in [-0.25, -0.2) is 8.78 Å². The second-order valence-corrected chi connectivity index (χ2v) is 10.5. The van der Waals surface area contributed by atoms with E-state index < -0.39 is 17.2 Å². The monoisotopic (exact) mass is 552 g/mol. The predicted molar refractivity (Wildman–Crippen MR) is 161 cm³/mol. The average Bonchev–Trinajstić information content (AvgIpc) is 3.60. The van der Waals surface area contributed by atoms with E-state index in [1.54, 1.807) is 24.3 Å². The van der Waals surface area contributed by atoms with Gasteiger partial charge in [-0.3, -0.25) is 0 Å². The molecule has 2 heterocycles. The lowest BCUT2D eigenvalue weighted by Gasteiger charge is -2.32. The zero-order valence-electron chi connectivity index (χ0n) is 22.1. The summed E-state index contributed by atoms with van der Waals surface area (Å²) in [5, 5.41) is 16.6. The second kappa shape index (κ2) is 9.13. The number of hydrogen-bond donors (Lipinski definition) is 1. The Bertz CT molecular complexity index is 2230. The molecule has 0 unspecified atom stereocenters. The van der Waals surface area contributed by atoms with Gasteiger partial charge in [0.1, 0.15) is 39.6 Å². The highest BCUT2D eigenvalue weighted by atomic mass is 19.1. The van der Waals surface area contributed by atoms with Gasteiger partial charge in [0.05, 0.1) is 0 Å². The number of fused-ring (bicyclic) bond motifs is 6. The van der Waals surface area contributed by atoms with Gasteiger partial charge >= 0.3 is 0 Å². The van der Waals surface area contributed by atoms with Crippen LogP contribution in [0.2, 0.25) is 0 Å². The number of hydrogen-bond acceptors (Lipinski definition) is 3. The molecule has 0 fully saturated rings. The Morgan fingerprint density at radius 1 is 0.476 bits per heavy atom. The SMILES string of the molecule is OC(c1ccc(F)cc1)(c1ccc(F)cc1)c1ccc2c(oc3ccccc32)c1-c1cccc2c1oc1ccccc12. The van der Waals surface area contributed by atoms with Crippen LogP contribution in [0, 0.1) is 11.6 Å². The van der Waals surface area contributed by atoms with Crippen LogP contribution < -0.4 is 0 Å². The van der Waals surface area contributed by atoms with Crippen molar-refractivity contribution in [2.24, 2.45) is 0 Å². The van der Waals surface area contributed by atoms with Gasteiger partial charge in [-0.05, 0) is 47.5 Å². The van der Waals surface area contributed by atoms with Gasteiger partial charge in [0.2, 0.25) is 0 Å². The van der Waals surface area contributed by atoms with Crippen LogP contribution in [0.25, 0.3) is 55.0 Å². The molecule has 0 amide bonds. The smallest absolute Gasteiger partial charge is 0.143 e. The van der Waals surface area contributed by atoms with Gasteiger partial charge in [0.15, 0.2) is 0 Å². The van der Waals surface area contributed by atoms with Crippen molar-refractivity contribution >= 4 is 43.9 Å². The Morgan fingerprint density at radius 2 is 0.976 bits per heavy atom. The van der Waals surface area contributed by atoms with Crippen molar-refractivity contribution in [1.29, 1.82) is 0 Å². The topological polar surface area (TPSA) is 46.5 Å². The summed E-state index contributed by atoms with van der Waals surface area (Å²) < 4.78 is 41.2. The van der Waals surface area contributed by atoms with Crippen LogP contribution in [-0.4, -0.2) is 5.11 Å². The zero-order chi connectivity index (χ0) is 28.4. The van der Waals surface area contributed by atoms with E-state index in [-0.39, 0.29) is 0 Å². The van der Waals surface area contributed by atoms with E-state index in [0.29, 0.717) is 39.0 Å². The Labute approximate surface area is 238 Å². The third-order valence-electron chi connectivity index (χ3n) is 8.13. The molecular weight excluding hydrogens is 530 g/mol. The van der Waals surface area contributed by atoms with Gasteiger partial charge in [-0.2, -0.15) is 0 Å². The van der Waals surface area contributed by atoms with E-state index in [1.165, 1.54) is 24.3 Å². The summed E-state index contributed by atoms with van der Waals surface area (Å²) >= 11 is 0. The van der Waals surface area contributed by atoms with Crippen LogP contribution in [0.1, 0.15) is 16.7 Å². The molecule has 0 atom stereocenters. The molecule has 2 aromatic heterocycles. The summed E-state index contributed by atoms with van der Waals surface area (Å²) in [7, 11) is 0. The summed E-state index contributed by atoms with van der Waals surface area (Å²) in [6, 6.07) is 36.8. The summed E-state index contributed by atoms with van der Waals surface area (Å²) in [4.78, 5) is 0. The lowest BCUT2D eigenvalue weighted by molar-refractivity contribution is 0.126. The number of halogens is 2. The molecule has 6 aromatic carbocycles. The fraction of sp³-hybridized carbons (Fsp3) is 0.0270. The molecular formula is C37H22F2O3. The van der Waals surface area contributed by atoms with Gasteiger partial charge in [-0.15, -0.1) is 0 Å². The first-order valence-electron chi connectivity index (χ1n) is 13.6. The molecule has 3 nitrogen and oxygen atoms in total. The predicted octanol–water partition coefficient (Wildman–Crippen LogP) is 9.71. The van der Waals surface area contributed by atoms with Crippen molar-refractivity contribution in [2.75, 3.05) is 0 Å². The molecule has 0 aliphatic carbocycles. The van der Waals surface area contributed by atoms with Crippen molar-refractivity contribution < 1.29 is 22.7 Å². The van der Waals surface area contributed by atoms with Gasteiger partial charge in [0.25, 0.3) is 0 Å². The normalized spacial score (nSPS) is 12.2. The Kier molecular flexibility index (Phi) is 5.33. The Balaban J connectivity index is 1.55. The third-order valence-corrected chi connectivity index (χ3v) is 8.13. The molecule has 0 aliphatic heterocycles. The lowest BCUT2D eigenvalue weighted by atomic mass is 9.76. The number of rotatable bonds is 4. The van der Waals surface area contributed by atoms with Crippen molar-refractivity contribution in [3.05, 3.63) is 156 Å². The summed E-state index contributed by atoms with van der Waals surface area (Å²) in [5.41, 5.74) is 3.54. The standard InChI is InChI=1S/C37H22F2O3/c38-24-16-12-22(13-17-24)37(40,23-14-18-25(39)19-15-23)31-21-20-29-27-7-2-4-11-33(27)42-36(29)34(31)30-9-5-8-28-26-6-1-3-10-32(26)41-35(28)30/h1-21,40H. The van der Waals surface area contributed by atoms with Crippen LogP contribution in [0.3, 0.4) is 0 Å². The van der Waals surface area contributed by atoms with E-state index in [1.807, 2.05) is 78.9 Å². The maximum Gasteiger partial charge on any atom is 0.143 e. The molecule has 42 heavy (non-hydrogen) atoms. The van der Waals surface area contributed by atoms with Gasteiger partial charge in [0, 0.05) is 38.2 Å². The van der Waals surface area contributed by atoms with Crippen LogP contribution in [-0.2, 0) is 5.60 Å². The van der Waals surface area contributed by atoms with Crippen molar-refractivity contribution in [1.82, 2.24) is 0 Å². The molecule has 0 spiro atoms. The quantitative estimate of drug-likeness (QED) is 0.221. The van der Waals surface area contributed by atoms with Crippen molar-refractivity contribution in [3.63, 3.8) is 0 Å². The van der Waals surface area contributed by atoms with Crippen LogP contribution in [0.5, 0.6) is 0 Å². The minimum Gasteiger partial charge on any atom is -0.455 e. The fourth-order valence-electron chi connectivity index (χ4n) is 6.16. The molecule has 8 aromatic rings. The Morgan fingerprint density at radius 3 is 1.57 bits per heavy atom. The highest BCUT2D eigenvalue weighted by molar-refractivity contribution is 6.15. The molecule has 0 aliphatic rings. The van der Waals surface area contributed by atoms with E-state index >= 15 is 0 Å². The fourth-order valence-corrected chi connectivity index (χ4v) is 6.16. The molecule has 0 bridgehead atoms. The van der Waals surface area contributed by atoms with E-state index in [9.17, 15) is 13.9 Å². The second-order valence-electron chi connectivity index (χ2n) is 10.5. The summed E-state index contributed by atoms with van der Waals surface area (Å²) in [6.45, 7) is 0. The zero-order valence-corrected chi connectivity index (χ0v) is 22.1. The molecule has 0 saturated heterocycles. The first-order chi connectivity index (χ1) is 20.5. The largest absolute Gasteiger partial charge is 0.455 e. The van der Waals surface area contributed by atoms with E-state index in [2.05, 4.69) is 0 Å². The Hall–Kier alpha value is -5.26. The minimum absolute atomic E-state index is 0.420. The summed E-state index contributed by atoms with van der Waals surface area (Å²) in [5.74, 6) is -0.861. The third kappa shape index (κ3) is 3.54. The van der Waals surface area contributed by atoms with E-state index in [4.69, 9.17) is 8.83 Å². The first kappa shape index (κ1) is 24.5. The lowest BCUT2D eigenvalue weighted by Crippen LogP contribution is -2.29. The highest BCUT2D eigenvalue weighted by Gasteiger charge is 2.38. The van der Waals surface area contributed by atoms with Crippen LogP contribution in [0.4, 0.5) is 8.78 Å². The van der Waals surface area contributed by atoms with Crippen LogP contribution >= 0.6 is 0 Å². The molecule has 8 rings (SSSR count). The number of aliphatic hydroxyl groups is 1. The average molecular weight is 553 g/mol. The molecule has 1 N–H and O–H groups in total. The maximum atomic E-state index is 14.1. The molecule has 0 radical (unpaired) electrons. The number of para-hydroxylation sites is 3. The van der Waals surface area contributed by atoms with Crippen molar-refractivity contribution in [3.8, 4) is 11.1 Å². The highest BCUT2D eigenvalue weighted by Crippen LogP contribution is 2.48. The molecule has 5 heteroatoms. The first-order valence-corrected chi connectivity index (χ1v) is 13.6. The number of benzene rings is 6. The van der Waals surface area contributed by atoms with Gasteiger partial charge in [-0.1, -0.05) is 91.0 Å².